The molecule has 21 heavy (non-hydrogen) atoms. The average molecular weight is 284 g/mol. The number of nitrogens with zero attached hydrogens (tertiary/aromatic N) is 2. The molecule has 0 unspecified atom stereocenters. The van der Waals surface area contributed by atoms with Crippen LogP contribution in [0.5, 0.6) is 5.75 Å². The molecule has 2 heterocycles. The van der Waals surface area contributed by atoms with Crippen molar-refractivity contribution in [2.75, 3.05) is 5.73 Å². The molecule has 4 N–H and O–H groups in total. The molecular weight excluding hydrogens is 264 g/mol. The molecule has 3 rings (SSSR count). The Hall–Kier alpha value is -2.56. The summed E-state index contributed by atoms with van der Waals surface area (Å²) in [6.45, 7) is 7.85. The largest absolute Gasteiger partial charge is 0.508 e. The normalized spacial score (nSPS) is 10.3. The van der Waals surface area contributed by atoms with E-state index in [1.54, 1.807) is 12.3 Å². The van der Waals surface area contributed by atoms with Gasteiger partial charge in [0.15, 0.2) is 0 Å². The third-order valence-corrected chi connectivity index (χ3v) is 3.22. The lowest BCUT2D eigenvalue weighted by Crippen LogP contribution is -1.98. The van der Waals surface area contributed by atoms with E-state index >= 15 is 0 Å². The standard InChI is InChI=1S/C14H14N4O.C2H6/c1-7-5-8(2)11(19)6-9(7)12-13-10(3-4-16-13)17-14(15)18-12;1-2/h3-6,16,19H,1-2H3,(H2,15,17,18);1-2H3. The summed E-state index contributed by atoms with van der Waals surface area (Å²) in [5, 5.41) is 9.89. The van der Waals surface area contributed by atoms with Gasteiger partial charge in [-0.2, -0.15) is 0 Å². The number of rotatable bonds is 1. The SMILES string of the molecule is CC.Cc1cc(C)c(-c2nc(N)nc3cc[nH]c23)cc1O. The van der Waals surface area contributed by atoms with Gasteiger partial charge < -0.3 is 15.8 Å². The van der Waals surface area contributed by atoms with Gasteiger partial charge >= 0.3 is 0 Å². The van der Waals surface area contributed by atoms with Crippen molar-refractivity contribution >= 4 is 17.0 Å². The van der Waals surface area contributed by atoms with Gasteiger partial charge in [-0.1, -0.05) is 19.9 Å². The maximum Gasteiger partial charge on any atom is 0.221 e. The maximum atomic E-state index is 9.89. The van der Waals surface area contributed by atoms with Crippen LogP contribution in [0.3, 0.4) is 0 Å². The number of H-pyrrole nitrogens is 1. The molecule has 3 aromatic rings. The van der Waals surface area contributed by atoms with Crippen molar-refractivity contribution in [1.82, 2.24) is 15.0 Å². The summed E-state index contributed by atoms with van der Waals surface area (Å²) in [6.07, 6.45) is 1.80. The molecule has 0 atom stereocenters. The van der Waals surface area contributed by atoms with Gasteiger partial charge in [-0.15, -0.1) is 0 Å². The molecule has 5 nitrogen and oxygen atoms in total. The van der Waals surface area contributed by atoms with Crippen LogP contribution in [0.1, 0.15) is 25.0 Å². The molecule has 0 amide bonds. The van der Waals surface area contributed by atoms with Gasteiger partial charge in [0, 0.05) is 11.8 Å². The minimum absolute atomic E-state index is 0.224. The van der Waals surface area contributed by atoms with Gasteiger partial charge in [0.05, 0.1) is 11.0 Å². The summed E-state index contributed by atoms with van der Waals surface area (Å²) >= 11 is 0. The lowest BCUT2D eigenvalue weighted by atomic mass is 10.0. The number of aromatic nitrogens is 3. The molecular formula is C16H20N4O. The van der Waals surface area contributed by atoms with E-state index in [2.05, 4.69) is 15.0 Å². The van der Waals surface area contributed by atoms with Crippen molar-refractivity contribution < 1.29 is 5.11 Å². The van der Waals surface area contributed by atoms with Crippen LogP contribution < -0.4 is 5.73 Å². The van der Waals surface area contributed by atoms with Crippen molar-refractivity contribution in [3.63, 3.8) is 0 Å². The number of hydrogen-bond donors (Lipinski definition) is 3. The van der Waals surface area contributed by atoms with E-state index in [1.807, 2.05) is 39.8 Å². The molecule has 1 aromatic carbocycles. The Kier molecular flexibility index (Phi) is 4.12. The number of benzene rings is 1. The van der Waals surface area contributed by atoms with Gasteiger partial charge in [-0.05, 0) is 37.1 Å². The Bertz CT molecular complexity index is 777. The second kappa shape index (κ2) is 5.83. The zero-order valence-corrected chi connectivity index (χ0v) is 12.7. The average Bonchev–Trinajstić information content (AvgIpc) is 2.92. The van der Waals surface area contributed by atoms with Crippen molar-refractivity contribution in [2.24, 2.45) is 0 Å². The van der Waals surface area contributed by atoms with Crippen molar-refractivity contribution in [1.29, 1.82) is 0 Å². The quantitative estimate of drug-likeness (QED) is 0.637. The van der Waals surface area contributed by atoms with Crippen LogP contribution in [0.15, 0.2) is 24.4 Å². The van der Waals surface area contributed by atoms with Gasteiger partial charge in [0.1, 0.15) is 11.4 Å². The van der Waals surface area contributed by atoms with Crippen molar-refractivity contribution in [2.45, 2.75) is 27.7 Å². The number of nitrogens with two attached hydrogens (primary N) is 1. The Morgan fingerprint density at radius 2 is 1.81 bits per heavy atom. The maximum absolute atomic E-state index is 9.89. The summed E-state index contributed by atoms with van der Waals surface area (Å²) in [4.78, 5) is 11.6. The summed E-state index contributed by atoms with van der Waals surface area (Å²) in [7, 11) is 0. The molecule has 5 heteroatoms. The first-order chi connectivity index (χ1) is 10.1. The first kappa shape index (κ1) is 14.8. The number of nitrogens with one attached hydrogen (secondary N) is 1. The summed E-state index contributed by atoms with van der Waals surface area (Å²) < 4.78 is 0. The Morgan fingerprint density at radius 1 is 1.10 bits per heavy atom. The molecule has 2 aromatic heterocycles. The highest BCUT2D eigenvalue weighted by Crippen LogP contribution is 2.32. The van der Waals surface area contributed by atoms with Crippen LogP contribution in [0, 0.1) is 13.8 Å². The number of phenolic OH excluding ortho intramolecular Hbond substituents is 1. The lowest BCUT2D eigenvalue weighted by Gasteiger charge is -2.09. The zero-order chi connectivity index (χ0) is 15.6. The summed E-state index contributed by atoms with van der Waals surface area (Å²) in [6, 6.07) is 5.49. The molecule has 0 radical (unpaired) electrons. The van der Waals surface area contributed by atoms with Crippen molar-refractivity contribution in [3.05, 3.63) is 35.5 Å². The first-order valence-corrected chi connectivity index (χ1v) is 6.97. The van der Waals surface area contributed by atoms with E-state index in [-0.39, 0.29) is 11.7 Å². The monoisotopic (exact) mass is 284 g/mol. The van der Waals surface area contributed by atoms with Crippen LogP contribution in [0.2, 0.25) is 0 Å². The van der Waals surface area contributed by atoms with Crippen LogP contribution >= 0.6 is 0 Å². The smallest absolute Gasteiger partial charge is 0.221 e. The van der Waals surface area contributed by atoms with Gasteiger partial charge in [-0.3, -0.25) is 0 Å². The van der Waals surface area contributed by atoms with Crippen molar-refractivity contribution in [3.8, 4) is 17.0 Å². The second-order valence-corrected chi connectivity index (χ2v) is 4.62. The molecule has 0 aliphatic heterocycles. The molecule has 0 spiro atoms. The van der Waals surface area contributed by atoms with E-state index in [0.717, 1.165) is 27.7 Å². The van der Waals surface area contributed by atoms with Crippen LogP contribution in [-0.4, -0.2) is 20.1 Å². The molecule has 0 aliphatic rings. The highest BCUT2D eigenvalue weighted by molar-refractivity contribution is 5.91. The predicted molar refractivity (Wildman–Crippen MR) is 86.2 cm³/mol. The van der Waals surface area contributed by atoms with E-state index in [0.29, 0.717) is 5.69 Å². The Morgan fingerprint density at radius 3 is 2.52 bits per heavy atom. The lowest BCUT2D eigenvalue weighted by molar-refractivity contribution is 0.471. The third-order valence-electron chi connectivity index (χ3n) is 3.22. The number of nitrogen functional groups attached to an aromatic ring is 1. The predicted octanol–water partition coefficient (Wildman–Crippen LogP) is 3.56. The number of phenols is 1. The topological polar surface area (TPSA) is 87.8 Å². The highest BCUT2D eigenvalue weighted by atomic mass is 16.3. The fraction of sp³-hybridized carbons (Fsp3) is 0.250. The van der Waals surface area contributed by atoms with Crippen LogP contribution in [0.4, 0.5) is 5.95 Å². The zero-order valence-electron chi connectivity index (χ0n) is 12.7. The Labute approximate surface area is 123 Å². The van der Waals surface area contributed by atoms with Gasteiger partial charge in [0.25, 0.3) is 0 Å². The van der Waals surface area contributed by atoms with E-state index in [4.69, 9.17) is 5.73 Å². The van der Waals surface area contributed by atoms with E-state index in [1.165, 1.54) is 0 Å². The molecule has 0 aliphatic carbocycles. The minimum atomic E-state index is 0.224. The van der Waals surface area contributed by atoms with Crippen LogP contribution in [-0.2, 0) is 0 Å². The third kappa shape index (κ3) is 2.67. The number of anilines is 1. The number of hydrogen-bond acceptors (Lipinski definition) is 4. The molecule has 0 bridgehead atoms. The number of aromatic amines is 1. The van der Waals surface area contributed by atoms with Gasteiger partial charge in [0.2, 0.25) is 5.95 Å². The second-order valence-electron chi connectivity index (χ2n) is 4.62. The van der Waals surface area contributed by atoms with E-state index < -0.39 is 0 Å². The summed E-state index contributed by atoms with van der Waals surface area (Å²) in [5.41, 5.74) is 10.8. The Balaban J connectivity index is 0.000000774. The number of fused-ring (bicyclic) bond motifs is 1. The fourth-order valence-electron chi connectivity index (χ4n) is 2.25. The number of aryl methyl sites for hydroxylation is 2. The molecule has 0 fully saturated rings. The first-order valence-electron chi connectivity index (χ1n) is 6.97. The molecule has 0 saturated carbocycles. The van der Waals surface area contributed by atoms with Crippen LogP contribution in [0.25, 0.3) is 22.3 Å². The summed E-state index contributed by atoms with van der Waals surface area (Å²) in [5.74, 6) is 0.471. The molecule has 110 valence electrons. The fourth-order valence-corrected chi connectivity index (χ4v) is 2.25. The van der Waals surface area contributed by atoms with E-state index in [9.17, 15) is 5.11 Å². The highest BCUT2D eigenvalue weighted by Gasteiger charge is 2.13. The number of aromatic hydroxyl groups is 1. The van der Waals surface area contributed by atoms with Gasteiger partial charge in [-0.25, -0.2) is 9.97 Å². The minimum Gasteiger partial charge on any atom is -0.508 e. The molecule has 0 saturated heterocycles.